The predicted molar refractivity (Wildman–Crippen MR) is 101 cm³/mol. The fourth-order valence-corrected chi connectivity index (χ4v) is 3.44. The van der Waals surface area contributed by atoms with Crippen LogP contribution in [-0.4, -0.2) is 52.3 Å². The minimum Gasteiger partial charge on any atom is -0.496 e. The van der Waals surface area contributed by atoms with Crippen LogP contribution in [0.15, 0.2) is 61.2 Å². The summed E-state index contributed by atoms with van der Waals surface area (Å²) in [6.07, 6.45) is 3.26. The molecule has 2 heterocycles. The molecule has 1 aromatic heterocycles. The van der Waals surface area contributed by atoms with Crippen molar-refractivity contribution in [1.29, 1.82) is 0 Å². The van der Waals surface area contributed by atoms with Gasteiger partial charge in [0, 0.05) is 36.4 Å². The summed E-state index contributed by atoms with van der Waals surface area (Å²) < 4.78 is 7.31. The lowest BCUT2D eigenvalue weighted by molar-refractivity contribution is 0.0631. The number of carbonyl (C=O) groups is 1. The summed E-state index contributed by atoms with van der Waals surface area (Å²) in [4.78, 5) is 15.1. The minimum atomic E-state index is -0.0695. The second-order valence-electron chi connectivity index (χ2n) is 6.38. The summed E-state index contributed by atoms with van der Waals surface area (Å²) in [5.74, 6) is 0.815. The molecule has 1 atom stereocenters. The molecule has 1 saturated heterocycles. The first kappa shape index (κ1) is 17.2. The van der Waals surface area contributed by atoms with Gasteiger partial charge in [-0.25, -0.2) is 0 Å². The number of para-hydroxylation sites is 1. The molecule has 1 aliphatic rings. The van der Waals surface area contributed by atoms with Gasteiger partial charge in [0.05, 0.1) is 13.2 Å². The van der Waals surface area contributed by atoms with Crippen molar-refractivity contribution in [3.63, 3.8) is 0 Å². The number of amides is 1. The van der Waals surface area contributed by atoms with Gasteiger partial charge in [-0.2, -0.15) is 0 Å². The number of piperazine rings is 1. The highest BCUT2D eigenvalue weighted by atomic mass is 16.5. The summed E-state index contributed by atoms with van der Waals surface area (Å²) in [7, 11) is 1.66. The zero-order chi connectivity index (χ0) is 18.6. The third-order valence-electron chi connectivity index (χ3n) is 4.83. The first-order valence-corrected chi connectivity index (χ1v) is 8.87. The first-order valence-electron chi connectivity index (χ1n) is 8.87. The van der Waals surface area contributed by atoms with Crippen LogP contribution in [0.25, 0.3) is 5.69 Å². The third kappa shape index (κ3) is 3.41. The molecule has 138 valence electrons. The van der Waals surface area contributed by atoms with Gasteiger partial charge in [-0.3, -0.25) is 9.36 Å². The van der Waals surface area contributed by atoms with Crippen LogP contribution in [-0.2, 0) is 0 Å². The lowest BCUT2D eigenvalue weighted by Crippen LogP contribution is -2.48. The van der Waals surface area contributed by atoms with Gasteiger partial charge in [0.1, 0.15) is 18.4 Å². The average molecular weight is 363 g/mol. The second kappa shape index (κ2) is 7.59. The Bertz CT molecular complexity index is 908. The molecule has 7 heteroatoms. The summed E-state index contributed by atoms with van der Waals surface area (Å²) in [6, 6.07) is 15.3. The Morgan fingerprint density at radius 1 is 1.11 bits per heavy atom. The third-order valence-corrected chi connectivity index (χ3v) is 4.83. The molecule has 7 nitrogen and oxygen atoms in total. The van der Waals surface area contributed by atoms with E-state index >= 15 is 0 Å². The van der Waals surface area contributed by atoms with Gasteiger partial charge in [0.2, 0.25) is 0 Å². The monoisotopic (exact) mass is 363 g/mol. The number of nitrogens with zero attached hydrogens (tertiary/aromatic N) is 4. The summed E-state index contributed by atoms with van der Waals surface area (Å²) in [5, 5.41) is 11.0. The van der Waals surface area contributed by atoms with E-state index in [0.717, 1.165) is 23.5 Å². The lowest BCUT2D eigenvalue weighted by Gasteiger charge is -2.37. The van der Waals surface area contributed by atoms with Gasteiger partial charge in [0.25, 0.3) is 5.91 Å². The van der Waals surface area contributed by atoms with Gasteiger partial charge in [0.15, 0.2) is 0 Å². The molecule has 1 aliphatic heterocycles. The molecule has 3 aromatic rings. The van der Waals surface area contributed by atoms with Crippen LogP contribution < -0.4 is 10.1 Å². The van der Waals surface area contributed by atoms with E-state index in [1.165, 1.54) is 0 Å². The zero-order valence-electron chi connectivity index (χ0n) is 15.1. The number of nitrogens with one attached hydrogen (secondary N) is 1. The first-order chi connectivity index (χ1) is 13.3. The maximum absolute atomic E-state index is 13.2. The quantitative estimate of drug-likeness (QED) is 0.768. The standard InChI is InChI=1S/C20H21N5O2/c1-27-19-5-3-2-4-17(19)18-12-21-10-11-25(18)20(26)15-6-8-16(9-7-15)24-13-22-23-14-24/h2-9,13-14,18,21H,10-12H2,1H3. The number of hydrogen-bond donors (Lipinski definition) is 1. The highest BCUT2D eigenvalue weighted by molar-refractivity contribution is 5.94. The normalized spacial score (nSPS) is 16.9. The molecule has 27 heavy (non-hydrogen) atoms. The lowest BCUT2D eigenvalue weighted by atomic mass is 10.0. The molecule has 0 spiro atoms. The highest BCUT2D eigenvalue weighted by Gasteiger charge is 2.30. The summed E-state index contributed by atoms with van der Waals surface area (Å²) in [5.41, 5.74) is 2.59. The number of rotatable bonds is 4. The molecule has 0 radical (unpaired) electrons. The Hall–Kier alpha value is -3.19. The molecule has 1 N–H and O–H groups in total. The van der Waals surface area contributed by atoms with Crippen molar-refractivity contribution < 1.29 is 9.53 Å². The highest BCUT2D eigenvalue weighted by Crippen LogP contribution is 2.31. The molecule has 1 amide bonds. The van der Waals surface area contributed by atoms with E-state index in [-0.39, 0.29) is 11.9 Å². The fourth-order valence-electron chi connectivity index (χ4n) is 3.44. The van der Waals surface area contributed by atoms with E-state index in [9.17, 15) is 4.79 Å². The van der Waals surface area contributed by atoms with Crippen molar-refractivity contribution >= 4 is 5.91 Å². The molecular formula is C20H21N5O2. The Balaban J connectivity index is 1.61. The van der Waals surface area contributed by atoms with Crippen molar-refractivity contribution in [3.8, 4) is 11.4 Å². The fraction of sp³-hybridized carbons (Fsp3) is 0.250. The van der Waals surface area contributed by atoms with Gasteiger partial charge in [-0.05, 0) is 30.3 Å². The van der Waals surface area contributed by atoms with Crippen molar-refractivity contribution in [3.05, 3.63) is 72.3 Å². The minimum absolute atomic E-state index is 0.0164. The second-order valence-corrected chi connectivity index (χ2v) is 6.38. The van der Waals surface area contributed by atoms with Crippen LogP contribution in [0.5, 0.6) is 5.75 Å². The van der Waals surface area contributed by atoms with Gasteiger partial charge < -0.3 is 15.0 Å². The van der Waals surface area contributed by atoms with E-state index in [4.69, 9.17) is 4.74 Å². The Morgan fingerprint density at radius 3 is 2.59 bits per heavy atom. The Kier molecular flexibility index (Phi) is 4.84. The molecule has 0 aliphatic carbocycles. The topological polar surface area (TPSA) is 72.3 Å². The van der Waals surface area contributed by atoms with Crippen molar-refractivity contribution in [2.45, 2.75) is 6.04 Å². The van der Waals surface area contributed by atoms with E-state index in [1.807, 2.05) is 53.4 Å². The number of benzene rings is 2. The maximum atomic E-state index is 13.2. The van der Waals surface area contributed by atoms with E-state index in [0.29, 0.717) is 18.7 Å². The molecule has 1 unspecified atom stereocenters. The maximum Gasteiger partial charge on any atom is 0.254 e. The van der Waals surface area contributed by atoms with Crippen molar-refractivity contribution in [2.24, 2.45) is 0 Å². The van der Waals surface area contributed by atoms with E-state index < -0.39 is 0 Å². The number of ether oxygens (including phenoxy) is 1. The van der Waals surface area contributed by atoms with Crippen LogP contribution in [0.3, 0.4) is 0 Å². The molecule has 4 rings (SSSR count). The number of aromatic nitrogens is 3. The number of methoxy groups -OCH3 is 1. The van der Waals surface area contributed by atoms with Crippen LogP contribution in [0.4, 0.5) is 0 Å². The smallest absolute Gasteiger partial charge is 0.254 e. The predicted octanol–water partition coefficient (Wildman–Crippen LogP) is 2.06. The van der Waals surface area contributed by atoms with E-state index in [2.05, 4.69) is 15.5 Å². The molecule has 0 bridgehead atoms. The van der Waals surface area contributed by atoms with Crippen molar-refractivity contribution in [2.75, 3.05) is 26.7 Å². The molecular weight excluding hydrogens is 342 g/mol. The van der Waals surface area contributed by atoms with E-state index in [1.54, 1.807) is 24.3 Å². The number of carbonyl (C=O) groups excluding carboxylic acids is 1. The van der Waals surface area contributed by atoms with Gasteiger partial charge in [-0.1, -0.05) is 18.2 Å². The average Bonchev–Trinajstić information content (AvgIpc) is 3.28. The van der Waals surface area contributed by atoms with Crippen LogP contribution in [0, 0.1) is 0 Å². The van der Waals surface area contributed by atoms with Crippen LogP contribution >= 0.6 is 0 Å². The SMILES string of the molecule is COc1ccccc1C1CNCCN1C(=O)c1ccc(-n2cnnc2)cc1. The largest absolute Gasteiger partial charge is 0.496 e. The van der Waals surface area contributed by atoms with Gasteiger partial charge in [-0.15, -0.1) is 10.2 Å². The van der Waals surface area contributed by atoms with Crippen LogP contribution in [0.1, 0.15) is 22.0 Å². The zero-order valence-corrected chi connectivity index (χ0v) is 15.1. The van der Waals surface area contributed by atoms with Gasteiger partial charge >= 0.3 is 0 Å². The Morgan fingerprint density at radius 2 is 1.85 bits per heavy atom. The summed E-state index contributed by atoms with van der Waals surface area (Å²) in [6.45, 7) is 2.12. The van der Waals surface area contributed by atoms with Crippen molar-refractivity contribution in [1.82, 2.24) is 25.0 Å². The number of hydrogen-bond acceptors (Lipinski definition) is 5. The molecule has 2 aromatic carbocycles. The molecule has 1 fully saturated rings. The Labute approximate surface area is 157 Å². The summed E-state index contributed by atoms with van der Waals surface area (Å²) >= 11 is 0. The molecule has 0 saturated carbocycles. The van der Waals surface area contributed by atoms with Crippen LogP contribution in [0.2, 0.25) is 0 Å².